The molecule has 2 aromatic carbocycles. The van der Waals surface area contributed by atoms with Crippen molar-refractivity contribution in [2.24, 2.45) is 0 Å². The first kappa shape index (κ1) is 17.2. The number of nitrogens with one attached hydrogen (secondary N) is 2. The van der Waals surface area contributed by atoms with Crippen LogP contribution in [0.15, 0.2) is 41.3 Å². The number of hydrogen-bond acceptors (Lipinski definition) is 4. The van der Waals surface area contributed by atoms with Crippen LogP contribution in [0.5, 0.6) is 11.5 Å². The van der Waals surface area contributed by atoms with Crippen molar-refractivity contribution in [3.63, 3.8) is 0 Å². The van der Waals surface area contributed by atoms with Crippen LogP contribution in [0.2, 0.25) is 5.02 Å². The molecule has 0 aliphatic carbocycles. The van der Waals surface area contributed by atoms with Gasteiger partial charge in [0.2, 0.25) is 16.8 Å². The first-order chi connectivity index (χ1) is 12.4. The minimum absolute atomic E-state index is 0.106. The van der Waals surface area contributed by atoms with Crippen LogP contribution in [-0.4, -0.2) is 26.7 Å². The highest BCUT2D eigenvalue weighted by Gasteiger charge is 2.20. The van der Waals surface area contributed by atoms with Gasteiger partial charge < -0.3 is 14.5 Å². The normalized spacial score (nSPS) is 13.5. The van der Waals surface area contributed by atoms with Gasteiger partial charge in [-0.3, -0.25) is 0 Å². The Balaban J connectivity index is 1.51. The molecule has 0 radical (unpaired) electrons. The molecule has 0 unspecified atom stereocenters. The van der Waals surface area contributed by atoms with Crippen molar-refractivity contribution in [1.29, 1.82) is 0 Å². The molecule has 0 saturated carbocycles. The second kappa shape index (κ2) is 6.50. The summed E-state index contributed by atoms with van der Waals surface area (Å²) in [6.07, 6.45) is 0.552. The van der Waals surface area contributed by atoms with Gasteiger partial charge in [0.1, 0.15) is 0 Å². The number of halogens is 1. The Hall–Kier alpha value is -2.22. The van der Waals surface area contributed by atoms with Gasteiger partial charge in [-0.2, -0.15) is 0 Å². The second-order valence-corrected chi connectivity index (χ2v) is 8.28. The third kappa shape index (κ3) is 3.13. The van der Waals surface area contributed by atoms with Gasteiger partial charge >= 0.3 is 0 Å². The molecule has 1 aliphatic rings. The molecule has 6 nitrogen and oxygen atoms in total. The molecule has 136 valence electrons. The highest BCUT2D eigenvalue weighted by molar-refractivity contribution is 7.89. The van der Waals surface area contributed by atoms with Crippen molar-refractivity contribution in [3.05, 3.63) is 52.7 Å². The molecule has 4 rings (SSSR count). The summed E-state index contributed by atoms with van der Waals surface area (Å²) in [5.41, 5.74) is 3.04. The highest BCUT2D eigenvalue weighted by Crippen LogP contribution is 2.33. The molecule has 0 amide bonds. The number of hydrogen-bond donors (Lipinski definition) is 2. The summed E-state index contributed by atoms with van der Waals surface area (Å²) < 4.78 is 38.1. The predicted octanol–water partition coefficient (Wildman–Crippen LogP) is 3.38. The van der Waals surface area contributed by atoms with E-state index in [0.717, 1.165) is 22.2 Å². The summed E-state index contributed by atoms with van der Waals surface area (Å²) in [6, 6.07) is 10.2. The molecule has 2 N–H and O–H groups in total. The lowest BCUT2D eigenvalue weighted by Gasteiger charge is -2.08. The van der Waals surface area contributed by atoms with Gasteiger partial charge in [0.15, 0.2) is 11.5 Å². The van der Waals surface area contributed by atoms with Crippen LogP contribution in [-0.2, 0) is 16.4 Å². The topological polar surface area (TPSA) is 80.4 Å². The Morgan fingerprint density at radius 3 is 2.81 bits per heavy atom. The molecule has 0 saturated heterocycles. The van der Waals surface area contributed by atoms with E-state index in [0.29, 0.717) is 22.9 Å². The smallest absolute Gasteiger partial charge is 0.240 e. The fourth-order valence-corrected chi connectivity index (χ4v) is 4.33. The molecule has 0 fully saturated rings. The van der Waals surface area contributed by atoms with Gasteiger partial charge in [-0.05, 0) is 49.2 Å². The Bertz CT molecular complexity index is 1090. The Morgan fingerprint density at radius 1 is 1.15 bits per heavy atom. The van der Waals surface area contributed by atoms with E-state index in [1.807, 2.05) is 25.1 Å². The molecule has 2 heterocycles. The molecule has 3 aromatic rings. The molecule has 1 aromatic heterocycles. The number of ether oxygens (including phenoxy) is 2. The average molecular weight is 393 g/mol. The van der Waals surface area contributed by atoms with Crippen molar-refractivity contribution in [2.45, 2.75) is 18.2 Å². The molecular weight excluding hydrogens is 376 g/mol. The summed E-state index contributed by atoms with van der Waals surface area (Å²) >= 11 is 6.09. The fraction of sp³-hybridized carbons (Fsp3) is 0.222. The maximum Gasteiger partial charge on any atom is 0.240 e. The number of aryl methyl sites for hydroxylation is 1. The Labute approximate surface area is 156 Å². The van der Waals surface area contributed by atoms with Crippen LogP contribution in [0.4, 0.5) is 0 Å². The van der Waals surface area contributed by atoms with Crippen LogP contribution in [0.25, 0.3) is 10.9 Å². The maximum atomic E-state index is 12.5. The summed E-state index contributed by atoms with van der Waals surface area (Å²) in [4.78, 5) is 3.45. The average Bonchev–Trinajstić information content (AvgIpc) is 3.19. The van der Waals surface area contributed by atoms with Gasteiger partial charge in [-0.1, -0.05) is 11.6 Å². The van der Waals surface area contributed by atoms with Crippen molar-refractivity contribution in [2.75, 3.05) is 13.3 Å². The van der Waals surface area contributed by atoms with Crippen molar-refractivity contribution >= 4 is 32.5 Å². The maximum absolute atomic E-state index is 12.5. The van der Waals surface area contributed by atoms with Gasteiger partial charge in [0.25, 0.3) is 0 Å². The summed E-state index contributed by atoms with van der Waals surface area (Å²) in [6.45, 7) is 2.35. The number of H-pyrrole nitrogens is 1. The lowest BCUT2D eigenvalue weighted by Crippen LogP contribution is -2.26. The number of benzene rings is 2. The Morgan fingerprint density at radius 2 is 1.96 bits per heavy atom. The molecule has 8 heteroatoms. The number of aromatic nitrogens is 1. The van der Waals surface area contributed by atoms with Crippen LogP contribution in [0.1, 0.15) is 11.3 Å². The monoisotopic (exact) mass is 392 g/mol. The SMILES string of the molecule is Cc1[nH]c2ccc(Cl)cc2c1CCNS(=O)(=O)c1ccc2c(c1)OCO2. The third-order valence-electron chi connectivity index (χ3n) is 4.40. The van der Waals surface area contributed by atoms with E-state index >= 15 is 0 Å². The Kier molecular flexibility index (Phi) is 4.30. The van der Waals surface area contributed by atoms with Crippen LogP contribution in [0.3, 0.4) is 0 Å². The number of aromatic amines is 1. The lowest BCUT2D eigenvalue weighted by molar-refractivity contribution is 0.174. The van der Waals surface area contributed by atoms with E-state index in [1.165, 1.54) is 12.1 Å². The summed E-state index contributed by atoms with van der Waals surface area (Å²) in [7, 11) is -3.63. The largest absolute Gasteiger partial charge is 0.454 e. The first-order valence-electron chi connectivity index (χ1n) is 8.10. The zero-order chi connectivity index (χ0) is 18.3. The quantitative estimate of drug-likeness (QED) is 0.697. The summed E-state index contributed by atoms with van der Waals surface area (Å²) in [5.74, 6) is 0.991. The molecule has 0 spiro atoms. The van der Waals surface area contributed by atoms with E-state index < -0.39 is 10.0 Å². The van der Waals surface area contributed by atoms with Gasteiger partial charge in [0.05, 0.1) is 4.90 Å². The predicted molar refractivity (Wildman–Crippen MR) is 99.5 cm³/mol. The van der Waals surface area contributed by atoms with Gasteiger partial charge in [-0.15, -0.1) is 0 Å². The number of sulfonamides is 1. The zero-order valence-corrected chi connectivity index (χ0v) is 15.6. The van der Waals surface area contributed by atoms with Gasteiger partial charge in [0, 0.05) is 34.2 Å². The minimum atomic E-state index is -3.63. The molecule has 26 heavy (non-hydrogen) atoms. The van der Waals surface area contributed by atoms with Crippen LogP contribution < -0.4 is 14.2 Å². The van der Waals surface area contributed by atoms with E-state index in [1.54, 1.807) is 6.07 Å². The first-order valence-corrected chi connectivity index (χ1v) is 9.96. The highest BCUT2D eigenvalue weighted by atomic mass is 35.5. The van der Waals surface area contributed by atoms with Crippen molar-refractivity contribution in [3.8, 4) is 11.5 Å². The lowest BCUT2D eigenvalue weighted by atomic mass is 10.1. The van der Waals surface area contributed by atoms with Crippen LogP contribution >= 0.6 is 11.6 Å². The number of rotatable bonds is 5. The van der Waals surface area contributed by atoms with Gasteiger partial charge in [-0.25, -0.2) is 13.1 Å². The van der Waals surface area contributed by atoms with E-state index in [4.69, 9.17) is 21.1 Å². The number of fused-ring (bicyclic) bond motifs is 2. The van der Waals surface area contributed by atoms with E-state index in [9.17, 15) is 8.42 Å². The van der Waals surface area contributed by atoms with E-state index in [2.05, 4.69) is 9.71 Å². The standard InChI is InChI=1S/C18H17ClN2O4S/c1-11-14(15-8-12(19)2-4-16(15)21-11)6-7-20-26(22,23)13-3-5-17-18(9-13)25-10-24-17/h2-5,8-9,20-21H,6-7,10H2,1H3. The molecule has 0 atom stereocenters. The van der Waals surface area contributed by atoms with Crippen molar-refractivity contribution < 1.29 is 17.9 Å². The molecule has 0 bridgehead atoms. The molecular formula is C18H17ClN2O4S. The third-order valence-corrected chi connectivity index (χ3v) is 6.10. The zero-order valence-electron chi connectivity index (χ0n) is 14.0. The van der Waals surface area contributed by atoms with E-state index in [-0.39, 0.29) is 18.2 Å². The second-order valence-electron chi connectivity index (χ2n) is 6.08. The van der Waals surface area contributed by atoms with Crippen LogP contribution in [0, 0.1) is 6.92 Å². The molecule has 1 aliphatic heterocycles. The van der Waals surface area contributed by atoms with Crippen molar-refractivity contribution in [1.82, 2.24) is 9.71 Å². The minimum Gasteiger partial charge on any atom is -0.454 e. The summed E-state index contributed by atoms with van der Waals surface area (Å²) in [5, 5.41) is 1.66. The fourth-order valence-electron chi connectivity index (χ4n) is 3.11.